The quantitative estimate of drug-likeness (QED) is 0.806. The predicted octanol–water partition coefficient (Wildman–Crippen LogP) is 2.20. The molecule has 1 aromatic heterocycles. The summed E-state index contributed by atoms with van der Waals surface area (Å²) in [4.78, 5) is 28.1. The van der Waals surface area contributed by atoms with Crippen molar-refractivity contribution in [2.45, 2.75) is 19.3 Å². The van der Waals surface area contributed by atoms with Gasteiger partial charge >= 0.3 is 29.0 Å². The summed E-state index contributed by atoms with van der Waals surface area (Å²) in [6.45, 7) is 0. The van der Waals surface area contributed by atoms with Gasteiger partial charge in [0.2, 0.25) is 5.91 Å². The van der Waals surface area contributed by atoms with Gasteiger partial charge in [0.15, 0.2) is 5.13 Å². The summed E-state index contributed by atoms with van der Waals surface area (Å²) < 4.78 is 0. The monoisotopic (exact) mass is 367 g/mol. The topological polar surface area (TPSA) is 103 Å². The highest BCUT2D eigenvalue weighted by Crippen LogP contribution is 2.34. The molecule has 1 fully saturated rings. The predicted molar refractivity (Wildman–Crippen MR) is 97.9 cm³/mol. The Balaban J connectivity index is 0.00000225. The molecular weight excluding hydrogens is 351 g/mol. The zero-order chi connectivity index (χ0) is 17.1. The molecule has 1 aliphatic carbocycles. The van der Waals surface area contributed by atoms with E-state index >= 15 is 0 Å². The van der Waals surface area contributed by atoms with Gasteiger partial charge in [0.05, 0.1) is 5.92 Å². The number of hydrogen-bond donors (Lipinski definition) is 2. The molecule has 2 aromatic rings. The van der Waals surface area contributed by atoms with Crippen LogP contribution in [0.25, 0.3) is 11.3 Å². The molecule has 0 aliphatic heterocycles. The highest BCUT2D eigenvalue weighted by Gasteiger charge is 2.34. The van der Waals surface area contributed by atoms with Crippen molar-refractivity contribution in [2.24, 2.45) is 11.8 Å². The van der Waals surface area contributed by atoms with Crippen molar-refractivity contribution in [1.82, 2.24) is 4.98 Å². The lowest BCUT2D eigenvalue weighted by Crippen LogP contribution is -2.21. The number of nitrogens with one attached hydrogen (secondary N) is 1. The average Bonchev–Trinajstić information content (AvgIpc) is 3.22. The minimum atomic E-state index is -0.849. The molecule has 1 aliphatic rings. The number of hydrogen-bond acceptors (Lipinski definition) is 5. The lowest BCUT2D eigenvalue weighted by atomic mass is 10.0. The van der Waals surface area contributed by atoms with Crippen molar-refractivity contribution in [3.8, 4) is 17.3 Å². The van der Waals surface area contributed by atoms with E-state index in [1.807, 2.05) is 30.3 Å². The van der Waals surface area contributed by atoms with Crippen LogP contribution in [-0.2, 0) is 9.59 Å². The van der Waals surface area contributed by atoms with E-state index < -0.39 is 11.9 Å². The Bertz CT molecular complexity index is 816. The summed E-state index contributed by atoms with van der Waals surface area (Å²) in [5, 5.41) is 21.4. The largest absolute Gasteiger partial charge is 0.481 e. The van der Waals surface area contributed by atoms with E-state index in [1.165, 1.54) is 0 Å². The first kappa shape index (κ1) is 19.4. The van der Waals surface area contributed by atoms with E-state index in [-0.39, 0.29) is 34.9 Å². The molecule has 3 rings (SSSR count). The van der Waals surface area contributed by atoms with E-state index in [1.54, 1.807) is 0 Å². The third kappa shape index (κ3) is 4.37. The van der Waals surface area contributed by atoms with Gasteiger partial charge in [-0.2, -0.15) is 5.26 Å². The van der Waals surface area contributed by atoms with E-state index in [0.717, 1.165) is 16.9 Å². The van der Waals surface area contributed by atoms with Crippen molar-refractivity contribution in [2.75, 3.05) is 5.32 Å². The fourth-order valence-corrected chi connectivity index (χ4v) is 3.68. The summed E-state index contributed by atoms with van der Waals surface area (Å²) in [5.41, 5.74) is 1.37. The molecule has 0 spiro atoms. The summed E-state index contributed by atoms with van der Waals surface area (Å²) in [7, 11) is 0. The summed E-state index contributed by atoms with van der Waals surface area (Å²) in [5.74, 6) is -1.85. The number of aliphatic carboxylic acids is 1. The van der Waals surface area contributed by atoms with Crippen molar-refractivity contribution >= 4 is 51.4 Å². The van der Waals surface area contributed by atoms with Crippen LogP contribution in [0.1, 0.15) is 24.1 Å². The maximum absolute atomic E-state index is 12.3. The molecule has 0 unspecified atom stereocenters. The number of carboxylic acid groups (broad SMARTS) is 1. The number of benzene rings is 1. The number of nitrogens with zero attached hydrogens (tertiary/aromatic N) is 2. The number of amides is 1. The van der Waals surface area contributed by atoms with Gasteiger partial charge in [0, 0.05) is 11.5 Å². The molecule has 1 aromatic carbocycles. The van der Waals surface area contributed by atoms with Crippen molar-refractivity contribution in [3.63, 3.8) is 0 Å². The second kappa shape index (κ2) is 8.42. The highest BCUT2D eigenvalue weighted by atomic mass is 32.1. The molecule has 0 bridgehead atoms. The first-order valence-electron chi connectivity index (χ1n) is 7.58. The first-order chi connectivity index (χ1) is 11.6. The molecule has 0 radical (unpaired) electrons. The van der Waals surface area contributed by atoms with E-state index in [9.17, 15) is 14.9 Å². The number of nitriles is 1. The molecule has 1 amide bonds. The molecular formula is C17H17MgN3O3S. The number of rotatable bonds is 4. The molecule has 2 N–H and O–H groups in total. The van der Waals surface area contributed by atoms with E-state index in [2.05, 4.69) is 16.4 Å². The fourth-order valence-electron chi connectivity index (χ4n) is 2.89. The number of carbonyl (C=O) groups excluding carboxylic acids is 1. The van der Waals surface area contributed by atoms with Crippen LogP contribution < -0.4 is 5.32 Å². The Morgan fingerprint density at radius 3 is 2.52 bits per heavy atom. The molecule has 1 heterocycles. The van der Waals surface area contributed by atoms with Crippen LogP contribution >= 0.6 is 11.3 Å². The number of carbonyl (C=O) groups is 2. The van der Waals surface area contributed by atoms with Crippen molar-refractivity contribution < 1.29 is 14.7 Å². The lowest BCUT2D eigenvalue weighted by Gasteiger charge is -2.08. The summed E-state index contributed by atoms with van der Waals surface area (Å²) >= 11 is 1.13. The van der Waals surface area contributed by atoms with Gasteiger partial charge in [0.25, 0.3) is 0 Å². The average molecular weight is 368 g/mol. The Morgan fingerprint density at radius 1 is 1.24 bits per heavy atom. The second-order valence-electron chi connectivity index (χ2n) is 5.71. The minimum absolute atomic E-state index is 0. The molecule has 1 saturated carbocycles. The van der Waals surface area contributed by atoms with Crippen LogP contribution in [-0.4, -0.2) is 45.0 Å². The first-order valence-corrected chi connectivity index (χ1v) is 8.40. The normalized spacial score (nSPS) is 18.8. The molecule has 6 nitrogen and oxygen atoms in total. The van der Waals surface area contributed by atoms with Crippen molar-refractivity contribution in [3.05, 3.63) is 35.2 Å². The molecule has 0 saturated heterocycles. The smallest absolute Gasteiger partial charge is 0.316 e. The third-order valence-electron chi connectivity index (χ3n) is 4.16. The molecule has 8 heteroatoms. The van der Waals surface area contributed by atoms with Crippen LogP contribution in [0, 0.1) is 23.2 Å². The SMILES string of the molecule is N#Cc1sc(NC(=O)[C@H]2CC[C@@H](C(=O)O)C2)nc1-c1ccccc1.[MgH2]. The number of anilines is 1. The maximum Gasteiger partial charge on any atom is 0.316 e. The van der Waals surface area contributed by atoms with Gasteiger partial charge in [-0.1, -0.05) is 41.7 Å². The molecule has 2 atom stereocenters. The van der Waals surface area contributed by atoms with Gasteiger partial charge in [-0.05, 0) is 19.3 Å². The van der Waals surface area contributed by atoms with Gasteiger partial charge < -0.3 is 10.4 Å². The van der Waals surface area contributed by atoms with Crippen LogP contribution in [0.4, 0.5) is 5.13 Å². The van der Waals surface area contributed by atoms with Gasteiger partial charge in [-0.25, -0.2) is 4.98 Å². The Hall–Kier alpha value is -1.95. The molecule has 25 heavy (non-hydrogen) atoms. The number of aromatic nitrogens is 1. The van der Waals surface area contributed by atoms with Gasteiger partial charge in [0.1, 0.15) is 16.6 Å². The standard InChI is InChI=1S/C17H15N3O3S.Mg.2H/c18-9-13-14(10-4-2-1-3-5-10)19-17(24-13)20-15(21)11-6-7-12(8-11)16(22)23;;;/h1-5,11-12H,6-8H2,(H,22,23)(H,19,20,21);;;/t11-,12+;;;/m0.../s1. The zero-order valence-corrected chi connectivity index (χ0v) is 13.5. The van der Waals surface area contributed by atoms with E-state index in [0.29, 0.717) is 35.0 Å². The van der Waals surface area contributed by atoms with Crippen LogP contribution in [0.15, 0.2) is 30.3 Å². The summed E-state index contributed by atoms with van der Waals surface area (Å²) in [6.07, 6.45) is 1.43. The lowest BCUT2D eigenvalue weighted by molar-refractivity contribution is -0.141. The zero-order valence-electron chi connectivity index (χ0n) is 12.7. The third-order valence-corrected chi connectivity index (χ3v) is 5.03. The van der Waals surface area contributed by atoms with Crippen molar-refractivity contribution in [1.29, 1.82) is 5.26 Å². The Morgan fingerprint density at radius 2 is 1.92 bits per heavy atom. The number of carboxylic acids is 1. The van der Waals surface area contributed by atoms with Crippen LogP contribution in [0.2, 0.25) is 0 Å². The summed E-state index contributed by atoms with van der Waals surface area (Å²) in [6, 6.07) is 11.4. The molecule has 126 valence electrons. The van der Waals surface area contributed by atoms with E-state index in [4.69, 9.17) is 5.11 Å². The number of thiazole rings is 1. The Labute approximate surface area is 165 Å². The Kier molecular flexibility index (Phi) is 6.53. The maximum atomic E-state index is 12.3. The van der Waals surface area contributed by atoms with Gasteiger partial charge in [-0.15, -0.1) is 0 Å². The second-order valence-corrected chi connectivity index (χ2v) is 6.71. The minimum Gasteiger partial charge on any atom is -0.481 e. The highest BCUT2D eigenvalue weighted by molar-refractivity contribution is 7.16. The van der Waals surface area contributed by atoms with Gasteiger partial charge in [-0.3, -0.25) is 9.59 Å². The fraction of sp³-hybridized carbons (Fsp3) is 0.294. The van der Waals surface area contributed by atoms with Crippen LogP contribution in [0.5, 0.6) is 0 Å². The van der Waals surface area contributed by atoms with Crippen LogP contribution in [0.3, 0.4) is 0 Å².